The van der Waals surface area contributed by atoms with Crippen molar-refractivity contribution in [3.05, 3.63) is 46.7 Å². The third-order valence-corrected chi connectivity index (χ3v) is 6.14. The number of quaternary nitrogens is 1. The van der Waals surface area contributed by atoms with Gasteiger partial charge in [-0.15, -0.1) is 11.3 Å². The van der Waals surface area contributed by atoms with Crippen LogP contribution >= 0.6 is 11.3 Å². The Hall–Kier alpha value is -1.74. The van der Waals surface area contributed by atoms with Crippen LogP contribution in [0.1, 0.15) is 4.88 Å². The summed E-state index contributed by atoms with van der Waals surface area (Å²) < 4.78 is 25.2. The molecule has 1 aromatic carbocycles. The Bertz CT molecular complexity index is 769. The molecule has 0 bridgehead atoms. The summed E-state index contributed by atoms with van der Waals surface area (Å²) in [7, 11) is 1.48. The first-order valence-corrected chi connectivity index (χ1v) is 9.77. The van der Waals surface area contributed by atoms with Crippen molar-refractivity contribution in [3.63, 3.8) is 0 Å². The normalized spacial score (nSPS) is 13.0. The summed E-state index contributed by atoms with van der Waals surface area (Å²) in [4.78, 5) is 14.6. The highest BCUT2D eigenvalue weighted by atomic mass is 32.2. The Morgan fingerprint density at radius 1 is 1.21 bits per heavy atom. The van der Waals surface area contributed by atoms with Crippen molar-refractivity contribution in [2.75, 3.05) is 33.0 Å². The van der Waals surface area contributed by atoms with Crippen LogP contribution in [0, 0.1) is 0 Å². The predicted octanol–water partition coefficient (Wildman–Crippen LogP) is 0.652. The van der Waals surface area contributed by atoms with Gasteiger partial charge in [0.25, 0.3) is 5.91 Å². The van der Waals surface area contributed by atoms with E-state index in [2.05, 4.69) is 11.4 Å². The second kappa shape index (κ2) is 7.89. The lowest BCUT2D eigenvalue weighted by molar-refractivity contribution is -0.884. The number of thiophene rings is 1. The van der Waals surface area contributed by atoms with Gasteiger partial charge in [0.2, 0.25) is 10.0 Å². The average molecular weight is 369 g/mol. The summed E-state index contributed by atoms with van der Waals surface area (Å²) in [6.45, 7) is 1.14. The van der Waals surface area contributed by atoms with Gasteiger partial charge in [-0.05, 0) is 35.7 Å². The Morgan fingerprint density at radius 2 is 1.88 bits per heavy atom. The fraction of sp³-hybridized carbons (Fsp3) is 0.312. The van der Waals surface area contributed by atoms with E-state index in [0.29, 0.717) is 12.2 Å². The van der Waals surface area contributed by atoms with Crippen LogP contribution in [0.25, 0.3) is 0 Å². The van der Waals surface area contributed by atoms with Gasteiger partial charge in [-0.3, -0.25) is 4.79 Å². The van der Waals surface area contributed by atoms with E-state index in [4.69, 9.17) is 0 Å². The third kappa shape index (κ3) is 4.88. The highest BCUT2D eigenvalue weighted by Crippen LogP contribution is 2.16. The Labute approximate surface area is 146 Å². The van der Waals surface area contributed by atoms with E-state index in [-0.39, 0.29) is 10.8 Å². The molecule has 130 valence electrons. The largest absolute Gasteiger partial charge is 0.325 e. The van der Waals surface area contributed by atoms with Crippen molar-refractivity contribution in [3.8, 4) is 0 Å². The van der Waals surface area contributed by atoms with Gasteiger partial charge < -0.3 is 10.2 Å². The molecule has 0 saturated carbocycles. The minimum Gasteiger partial charge on any atom is -0.325 e. The minimum atomic E-state index is -3.45. The monoisotopic (exact) mass is 368 g/mol. The van der Waals surface area contributed by atoms with Gasteiger partial charge in [0.05, 0.1) is 16.8 Å². The summed E-state index contributed by atoms with van der Waals surface area (Å²) in [5.74, 6) is -0.104. The average Bonchev–Trinajstić information content (AvgIpc) is 3.00. The number of likely N-dealkylation sites (N-methyl/N-ethyl adjacent to an activating group) is 1. The van der Waals surface area contributed by atoms with Gasteiger partial charge in [-0.2, -0.15) is 0 Å². The van der Waals surface area contributed by atoms with E-state index in [1.807, 2.05) is 18.5 Å². The molecule has 0 saturated heterocycles. The molecule has 2 N–H and O–H groups in total. The van der Waals surface area contributed by atoms with Crippen LogP contribution in [0.3, 0.4) is 0 Å². The van der Waals surface area contributed by atoms with Crippen molar-refractivity contribution in [2.24, 2.45) is 0 Å². The summed E-state index contributed by atoms with van der Waals surface area (Å²) in [6, 6.07) is 10.2. The molecule has 0 aliphatic rings. The van der Waals surface area contributed by atoms with Crippen LogP contribution in [0.2, 0.25) is 0 Å². The fourth-order valence-corrected chi connectivity index (χ4v) is 3.89. The molecular weight excluding hydrogens is 346 g/mol. The maximum atomic E-state index is 12.1. The second-order valence-corrected chi connectivity index (χ2v) is 8.93. The number of hydrogen-bond donors (Lipinski definition) is 2. The molecule has 1 amide bonds. The number of hydrogen-bond acceptors (Lipinski definition) is 4. The van der Waals surface area contributed by atoms with Gasteiger partial charge in [0, 0.05) is 19.8 Å². The topological polar surface area (TPSA) is 70.9 Å². The van der Waals surface area contributed by atoms with E-state index in [0.717, 1.165) is 15.7 Å². The summed E-state index contributed by atoms with van der Waals surface area (Å²) >= 11 is 1.68. The van der Waals surface area contributed by atoms with Crippen molar-refractivity contribution in [2.45, 2.75) is 11.4 Å². The highest BCUT2D eigenvalue weighted by molar-refractivity contribution is 7.89. The molecule has 0 radical (unpaired) electrons. The van der Waals surface area contributed by atoms with Gasteiger partial charge in [-0.1, -0.05) is 6.07 Å². The quantitative estimate of drug-likeness (QED) is 0.754. The molecule has 1 heterocycles. The Kier molecular flexibility index (Phi) is 6.11. The molecule has 24 heavy (non-hydrogen) atoms. The minimum absolute atomic E-state index is 0.104. The van der Waals surface area contributed by atoms with Gasteiger partial charge in [0.1, 0.15) is 6.54 Å². The molecule has 0 spiro atoms. The molecule has 0 aliphatic heterocycles. The van der Waals surface area contributed by atoms with Crippen molar-refractivity contribution in [1.82, 2.24) is 4.31 Å². The van der Waals surface area contributed by atoms with E-state index in [1.54, 1.807) is 23.5 Å². The SMILES string of the molecule is CN(C)S(=O)(=O)c1ccc(NC(=O)C[NH+](C)Cc2cccs2)cc1. The summed E-state index contributed by atoms with van der Waals surface area (Å²) in [6.07, 6.45) is 0. The smallest absolute Gasteiger partial charge is 0.279 e. The Balaban J connectivity index is 1.92. The fourth-order valence-electron chi connectivity index (χ4n) is 2.17. The van der Waals surface area contributed by atoms with Crippen LogP contribution < -0.4 is 10.2 Å². The zero-order valence-corrected chi connectivity index (χ0v) is 15.6. The first-order valence-electron chi connectivity index (χ1n) is 7.45. The third-order valence-electron chi connectivity index (χ3n) is 3.44. The van der Waals surface area contributed by atoms with Crippen molar-refractivity contribution >= 4 is 33.0 Å². The first-order chi connectivity index (χ1) is 11.3. The summed E-state index contributed by atoms with van der Waals surface area (Å²) in [5, 5.41) is 4.82. The van der Waals surface area contributed by atoms with Gasteiger partial charge >= 0.3 is 0 Å². The zero-order valence-electron chi connectivity index (χ0n) is 13.9. The number of sulfonamides is 1. The number of nitrogens with one attached hydrogen (secondary N) is 2. The van der Waals surface area contributed by atoms with E-state index >= 15 is 0 Å². The molecule has 1 unspecified atom stereocenters. The first kappa shape index (κ1) is 18.6. The molecule has 8 heteroatoms. The number of nitrogens with zero attached hydrogens (tertiary/aromatic N) is 1. The number of rotatable bonds is 7. The maximum Gasteiger partial charge on any atom is 0.279 e. The highest BCUT2D eigenvalue weighted by Gasteiger charge is 2.17. The van der Waals surface area contributed by atoms with Crippen molar-refractivity contribution in [1.29, 1.82) is 0 Å². The predicted molar refractivity (Wildman–Crippen MR) is 95.7 cm³/mol. The standard InChI is InChI=1S/C16H21N3O3S2/c1-18(2)24(21,22)15-8-6-13(7-9-15)17-16(20)12-19(3)11-14-5-4-10-23-14/h4-10H,11-12H2,1-3H3,(H,17,20)/p+1. The lowest BCUT2D eigenvalue weighted by Crippen LogP contribution is -3.08. The van der Waals surface area contributed by atoms with Crippen LogP contribution in [0.4, 0.5) is 5.69 Å². The molecule has 0 aliphatic carbocycles. The molecule has 6 nitrogen and oxygen atoms in total. The maximum absolute atomic E-state index is 12.1. The van der Waals surface area contributed by atoms with Crippen LogP contribution in [-0.2, 0) is 21.4 Å². The number of carbonyl (C=O) groups is 1. The van der Waals surface area contributed by atoms with Crippen LogP contribution in [-0.4, -0.2) is 46.3 Å². The van der Waals surface area contributed by atoms with Crippen molar-refractivity contribution < 1.29 is 18.1 Å². The number of anilines is 1. The molecule has 2 rings (SSSR count). The van der Waals surface area contributed by atoms with E-state index in [9.17, 15) is 13.2 Å². The summed E-state index contributed by atoms with van der Waals surface area (Å²) in [5.41, 5.74) is 0.585. The van der Waals surface area contributed by atoms with Gasteiger partial charge in [-0.25, -0.2) is 12.7 Å². The molecule has 0 fully saturated rings. The van der Waals surface area contributed by atoms with Crippen LogP contribution in [0.15, 0.2) is 46.7 Å². The number of carbonyl (C=O) groups excluding carboxylic acids is 1. The Morgan fingerprint density at radius 3 is 2.42 bits per heavy atom. The molecule has 1 aromatic heterocycles. The van der Waals surface area contributed by atoms with E-state index in [1.165, 1.54) is 31.1 Å². The van der Waals surface area contributed by atoms with Crippen LogP contribution in [0.5, 0.6) is 0 Å². The molecule has 1 atom stereocenters. The molecule has 2 aromatic rings. The zero-order chi connectivity index (χ0) is 17.7. The second-order valence-electron chi connectivity index (χ2n) is 5.75. The number of benzene rings is 1. The molecular formula is C16H22N3O3S2+. The lowest BCUT2D eigenvalue weighted by atomic mass is 10.3. The van der Waals surface area contributed by atoms with E-state index < -0.39 is 10.0 Å². The van der Waals surface area contributed by atoms with Gasteiger partial charge in [0.15, 0.2) is 6.54 Å². The number of amides is 1. The lowest BCUT2D eigenvalue weighted by Gasteiger charge is -2.14.